The summed E-state index contributed by atoms with van der Waals surface area (Å²) >= 11 is 1.21. The molecule has 0 unspecified atom stereocenters. The number of thioether (sulfide) groups is 1. The number of methoxy groups -OCH3 is 1. The molecule has 0 aromatic heterocycles. The first-order valence-corrected chi connectivity index (χ1v) is 11.0. The first-order valence-electron chi connectivity index (χ1n) is 10.2. The minimum absolute atomic E-state index is 0.249. The number of amides is 2. The van der Waals surface area contributed by atoms with Crippen LogP contribution >= 0.6 is 11.8 Å². The van der Waals surface area contributed by atoms with Gasteiger partial charge in [0.15, 0.2) is 11.8 Å². The summed E-state index contributed by atoms with van der Waals surface area (Å²) in [7, 11) is 1.59. The zero-order chi connectivity index (χ0) is 23.9. The van der Waals surface area contributed by atoms with Crippen LogP contribution in [0, 0.1) is 5.82 Å². The normalized spacial score (nSPS) is 15.3. The van der Waals surface area contributed by atoms with Crippen molar-refractivity contribution in [2.24, 2.45) is 4.99 Å². The minimum Gasteiger partial charge on any atom is -0.497 e. The maximum Gasteiger partial charge on any atom is 0.264 e. The summed E-state index contributed by atoms with van der Waals surface area (Å²) in [6.45, 7) is -0.249. The molecule has 4 rings (SSSR count). The average Bonchev–Trinajstić information content (AvgIpc) is 3.18. The number of carbonyl (C=O) groups excluding carboxylic acids is 2. The third-order valence-corrected chi connectivity index (χ3v) is 5.56. The van der Waals surface area contributed by atoms with Crippen LogP contribution in [0.25, 0.3) is 6.08 Å². The van der Waals surface area contributed by atoms with Gasteiger partial charge in [0.25, 0.3) is 11.8 Å². The molecule has 0 bridgehead atoms. The number of rotatable bonds is 7. The van der Waals surface area contributed by atoms with Gasteiger partial charge >= 0.3 is 0 Å². The number of hydrogen-bond donors (Lipinski definition) is 2. The number of anilines is 1. The second kappa shape index (κ2) is 10.7. The Bertz CT molecular complexity index is 1260. The zero-order valence-corrected chi connectivity index (χ0v) is 18.9. The number of nitrogens with one attached hydrogen (secondary N) is 2. The van der Waals surface area contributed by atoms with E-state index in [1.54, 1.807) is 55.7 Å². The Morgan fingerprint density at radius 3 is 2.56 bits per heavy atom. The van der Waals surface area contributed by atoms with Gasteiger partial charge in [0.1, 0.15) is 17.3 Å². The number of halogens is 1. The van der Waals surface area contributed by atoms with Crippen molar-refractivity contribution >= 4 is 46.2 Å². The molecule has 0 spiro atoms. The molecule has 0 atom stereocenters. The molecule has 172 valence electrons. The lowest BCUT2D eigenvalue weighted by molar-refractivity contribution is -0.118. The highest BCUT2D eigenvalue weighted by molar-refractivity contribution is 8.18. The lowest BCUT2D eigenvalue weighted by Crippen LogP contribution is -2.20. The van der Waals surface area contributed by atoms with Crippen LogP contribution in [0.1, 0.15) is 5.56 Å². The van der Waals surface area contributed by atoms with Crippen molar-refractivity contribution in [2.75, 3.05) is 19.0 Å². The smallest absolute Gasteiger partial charge is 0.264 e. The van der Waals surface area contributed by atoms with Gasteiger partial charge in [0, 0.05) is 11.3 Å². The van der Waals surface area contributed by atoms with Crippen LogP contribution in [0.15, 0.2) is 82.7 Å². The maximum atomic E-state index is 13.0. The molecule has 1 aliphatic heterocycles. The fraction of sp³-hybridized carbons (Fsp3) is 0.0800. The Labute approximate surface area is 199 Å². The predicted octanol–water partition coefficient (Wildman–Crippen LogP) is 4.74. The van der Waals surface area contributed by atoms with Gasteiger partial charge in [-0.2, -0.15) is 0 Å². The van der Waals surface area contributed by atoms with Crippen LogP contribution in [0.3, 0.4) is 0 Å². The molecule has 0 aliphatic carbocycles. The van der Waals surface area contributed by atoms with E-state index in [-0.39, 0.29) is 18.3 Å². The summed E-state index contributed by atoms with van der Waals surface area (Å²) < 4.78 is 23.8. The van der Waals surface area contributed by atoms with Gasteiger partial charge in [-0.15, -0.1) is 0 Å². The van der Waals surface area contributed by atoms with Crippen molar-refractivity contribution in [1.29, 1.82) is 0 Å². The summed E-state index contributed by atoms with van der Waals surface area (Å²) in [5.74, 6) is 0.105. The summed E-state index contributed by atoms with van der Waals surface area (Å²) in [5.41, 5.74) is 1.79. The molecule has 34 heavy (non-hydrogen) atoms. The number of carbonyl (C=O) groups is 2. The summed E-state index contributed by atoms with van der Waals surface area (Å²) in [6, 6.07) is 19.7. The molecule has 0 saturated carbocycles. The monoisotopic (exact) mass is 477 g/mol. The van der Waals surface area contributed by atoms with Crippen molar-refractivity contribution in [3.8, 4) is 11.5 Å². The van der Waals surface area contributed by atoms with Gasteiger partial charge in [-0.1, -0.05) is 18.2 Å². The van der Waals surface area contributed by atoms with Crippen molar-refractivity contribution in [1.82, 2.24) is 5.32 Å². The lowest BCUT2D eigenvalue weighted by atomic mass is 10.2. The topological polar surface area (TPSA) is 89.0 Å². The fourth-order valence-corrected chi connectivity index (χ4v) is 3.83. The highest BCUT2D eigenvalue weighted by Gasteiger charge is 2.24. The van der Waals surface area contributed by atoms with Gasteiger partial charge < -0.3 is 20.1 Å². The molecule has 7 nitrogen and oxygen atoms in total. The number of ether oxygens (including phenoxy) is 2. The Kier molecular flexibility index (Phi) is 7.24. The van der Waals surface area contributed by atoms with E-state index in [0.717, 1.165) is 5.75 Å². The molecule has 3 aromatic rings. The van der Waals surface area contributed by atoms with E-state index in [1.807, 2.05) is 6.07 Å². The minimum atomic E-state index is -0.393. The molecule has 2 amide bonds. The molecule has 1 fully saturated rings. The SMILES string of the molecule is COc1ccc(N=C2NC(=O)/C(=C\c3ccccc3OCC(=O)Nc3ccc(F)cc3)S2)cc1. The molecule has 2 N–H and O–H groups in total. The van der Waals surface area contributed by atoms with E-state index in [2.05, 4.69) is 15.6 Å². The Hall–Kier alpha value is -4.11. The molecule has 1 saturated heterocycles. The Morgan fingerprint density at radius 2 is 1.82 bits per heavy atom. The number of nitrogens with zero attached hydrogens (tertiary/aromatic N) is 1. The van der Waals surface area contributed by atoms with Crippen molar-refractivity contribution in [3.63, 3.8) is 0 Å². The molecule has 9 heteroatoms. The van der Waals surface area contributed by atoms with Crippen molar-refractivity contribution < 1.29 is 23.5 Å². The van der Waals surface area contributed by atoms with Crippen LogP contribution in [0.4, 0.5) is 15.8 Å². The molecular weight excluding hydrogens is 457 g/mol. The number of aliphatic imine (C=N–C) groups is 1. The van der Waals surface area contributed by atoms with Gasteiger partial charge in [0.05, 0.1) is 17.7 Å². The fourth-order valence-electron chi connectivity index (χ4n) is 3.00. The molecule has 0 radical (unpaired) electrons. The van der Waals surface area contributed by atoms with Crippen LogP contribution in [-0.2, 0) is 9.59 Å². The Morgan fingerprint density at radius 1 is 1.09 bits per heavy atom. The first kappa shape index (κ1) is 23.1. The molecule has 3 aromatic carbocycles. The largest absolute Gasteiger partial charge is 0.497 e. The maximum absolute atomic E-state index is 13.0. The van der Waals surface area contributed by atoms with Gasteiger partial charge in [0.2, 0.25) is 0 Å². The average molecular weight is 478 g/mol. The van der Waals surface area contributed by atoms with E-state index in [4.69, 9.17) is 9.47 Å². The standard InChI is InChI=1S/C25H20FN3O4S/c1-32-20-12-10-19(11-13-20)28-25-29-24(31)22(34-25)14-16-4-2-3-5-21(16)33-15-23(30)27-18-8-6-17(26)7-9-18/h2-14H,15H2,1H3,(H,27,30)(H,28,29,31)/b22-14+. The number of hydrogen-bond acceptors (Lipinski definition) is 6. The van der Waals surface area contributed by atoms with Crippen LogP contribution in [-0.4, -0.2) is 30.7 Å². The van der Waals surface area contributed by atoms with E-state index in [9.17, 15) is 14.0 Å². The Balaban J connectivity index is 1.42. The predicted molar refractivity (Wildman–Crippen MR) is 131 cm³/mol. The molecular formula is C25H20FN3O4S. The first-order chi connectivity index (χ1) is 16.5. The number of benzene rings is 3. The third-order valence-electron chi connectivity index (χ3n) is 4.65. The van der Waals surface area contributed by atoms with Crippen LogP contribution in [0.5, 0.6) is 11.5 Å². The van der Waals surface area contributed by atoms with E-state index < -0.39 is 5.91 Å². The third kappa shape index (κ3) is 6.02. The highest BCUT2D eigenvalue weighted by Crippen LogP contribution is 2.31. The van der Waals surface area contributed by atoms with Gasteiger partial charge in [-0.25, -0.2) is 9.38 Å². The van der Waals surface area contributed by atoms with Crippen molar-refractivity contribution in [3.05, 3.63) is 89.1 Å². The van der Waals surface area contributed by atoms with E-state index in [1.165, 1.54) is 36.0 Å². The van der Waals surface area contributed by atoms with Gasteiger partial charge in [-0.05, 0) is 72.4 Å². The number of para-hydroxylation sites is 1. The summed E-state index contributed by atoms with van der Waals surface area (Å²) in [4.78, 5) is 29.5. The van der Waals surface area contributed by atoms with Gasteiger partial charge in [-0.3, -0.25) is 9.59 Å². The second-order valence-electron chi connectivity index (χ2n) is 7.06. The highest BCUT2D eigenvalue weighted by atomic mass is 32.2. The summed E-state index contributed by atoms with van der Waals surface area (Å²) in [5, 5.41) is 5.84. The van der Waals surface area contributed by atoms with E-state index in [0.29, 0.717) is 32.8 Å². The molecule has 1 heterocycles. The van der Waals surface area contributed by atoms with Crippen LogP contribution in [0.2, 0.25) is 0 Å². The summed E-state index contributed by atoms with van der Waals surface area (Å²) in [6.07, 6.45) is 1.68. The second-order valence-corrected chi connectivity index (χ2v) is 8.09. The van der Waals surface area contributed by atoms with Crippen molar-refractivity contribution in [2.45, 2.75) is 0 Å². The molecule has 1 aliphatic rings. The number of amidine groups is 1. The quantitative estimate of drug-likeness (QED) is 0.480. The lowest BCUT2D eigenvalue weighted by Gasteiger charge is -2.10. The van der Waals surface area contributed by atoms with Crippen LogP contribution < -0.4 is 20.1 Å². The zero-order valence-electron chi connectivity index (χ0n) is 18.1. The van der Waals surface area contributed by atoms with E-state index >= 15 is 0 Å².